The Balaban J connectivity index is 1.52. The number of likely N-dealkylation sites (N-methyl/N-ethyl adjacent to an activating group) is 1. The van der Waals surface area contributed by atoms with Crippen LogP contribution in [0.25, 0.3) is 27.9 Å². The molecule has 5 heterocycles. The van der Waals surface area contributed by atoms with Crippen LogP contribution in [0.15, 0.2) is 24.7 Å². The highest BCUT2D eigenvalue weighted by Gasteiger charge is 2.28. The van der Waals surface area contributed by atoms with Crippen molar-refractivity contribution < 1.29 is 13.9 Å². The summed E-state index contributed by atoms with van der Waals surface area (Å²) in [7, 11) is 5.37. The van der Waals surface area contributed by atoms with Crippen LogP contribution >= 0.6 is 0 Å². The molecule has 0 atom stereocenters. The number of methoxy groups -OCH3 is 1. The predicted molar refractivity (Wildman–Crippen MR) is 136 cm³/mol. The van der Waals surface area contributed by atoms with Gasteiger partial charge in [0.1, 0.15) is 12.1 Å². The van der Waals surface area contributed by atoms with Crippen molar-refractivity contribution in [2.75, 3.05) is 40.8 Å². The van der Waals surface area contributed by atoms with Gasteiger partial charge in [0.15, 0.2) is 11.4 Å². The highest BCUT2D eigenvalue weighted by atomic mass is 19.1. The van der Waals surface area contributed by atoms with E-state index < -0.39 is 0 Å². The third-order valence-electron chi connectivity index (χ3n) is 6.90. The highest BCUT2D eigenvalue weighted by molar-refractivity contribution is 5.89. The molecule has 1 fully saturated rings. The number of carbonyl (C=O) groups excluding carboxylic acids is 1. The van der Waals surface area contributed by atoms with Gasteiger partial charge in [0.05, 0.1) is 36.1 Å². The first-order chi connectivity index (χ1) is 17.3. The van der Waals surface area contributed by atoms with Crippen LogP contribution in [0, 0.1) is 5.82 Å². The van der Waals surface area contributed by atoms with Crippen LogP contribution in [0.5, 0.6) is 5.75 Å². The van der Waals surface area contributed by atoms with Crippen LogP contribution < -0.4 is 4.74 Å². The number of piperidine rings is 1. The molecule has 0 bridgehead atoms. The quantitative estimate of drug-likeness (QED) is 0.439. The van der Waals surface area contributed by atoms with Gasteiger partial charge in [-0.05, 0) is 38.9 Å². The van der Waals surface area contributed by atoms with Crippen LogP contribution in [-0.2, 0) is 4.79 Å². The van der Waals surface area contributed by atoms with Gasteiger partial charge in [-0.2, -0.15) is 5.10 Å². The van der Waals surface area contributed by atoms with E-state index in [0.717, 1.165) is 22.3 Å². The fourth-order valence-electron chi connectivity index (χ4n) is 5.16. The van der Waals surface area contributed by atoms with E-state index in [9.17, 15) is 4.79 Å². The zero-order valence-electron chi connectivity index (χ0n) is 21.4. The summed E-state index contributed by atoms with van der Waals surface area (Å²) in [5.41, 5.74) is 5.30. The molecular weight excluding hydrogens is 461 g/mol. The van der Waals surface area contributed by atoms with Crippen molar-refractivity contribution in [2.24, 2.45) is 0 Å². The third kappa shape index (κ3) is 4.30. The van der Waals surface area contributed by atoms with E-state index in [0.29, 0.717) is 55.1 Å². The summed E-state index contributed by atoms with van der Waals surface area (Å²) in [5.74, 6) is 0.520. The largest absolute Gasteiger partial charge is 0.493 e. The number of pyridine rings is 2. The number of nitrogens with zero attached hydrogens (tertiary/aromatic N) is 6. The number of likely N-dealkylation sites (tertiary alicyclic amines) is 1. The van der Waals surface area contributed by atoms with Crippen molar-refractivity contribution in [3.8, 4) is 17.0 Å². The molecule has 1 saturated heterocycles. The second-order valence-electron chi connectivity index (χ2n) is 10.0. The van der Waals surface area contributed by atoms with Gasteiger partial charge in [0, 0.05) is 42.4 Å². The Morgan fingerprint density at radius 2 is 2.03 bits per heavy atom. The second-order valence-corrected chi connectivity index (χ2v) is 10.0. The van der Waals surface area contributed by atoms with Gasteiger partial charge in [0.2, 0.25) is 5.91 Å². The standard InChI is InChI=1S/C26H32FN7O2/c1-15(2)22-24(17-10-20(36-5)26-28-14-29-34(26)12-17)30-19-11-18(27)23(31-25(19)22)16-6-8-33(9-7-16)21(35)13-32(3)4/h10-12,14-16,30H,6-9,13H2,1-5H3. The summed E-state index contributed by atoms with van der Waals surface area (Å²) in [6.07, 6.45) is 4.77. The average molecular weight is 494 g/mol. The Kier molecular flexibility index (Phi) is 6.38. The van der Waals surface area contributed by atoms with E-state index in [-0.39, 0.29) is 23.6 Å². The first kappa shape index (κ1) is 24.2. The molecule has 1 N–H and O–H groups in total. The van der Waals surface area contributed by atoms with Crippen molar-refractivity contribution in [1.82, 2.24) is 34.4 Å². The van der Waals surface area contributed by atoms with E-state index in [4.69, 9.17) is 9.72 Å². The molecule has 4 aromatic rings. The molecule has 0 aromatic carbocycles. The number of aromatic amines is 1. The fourth-order valence-corrected chi connectivity index (χ4v) is 5.16. The van der Waals surface area contributed by atoms with Crippen LogP contribution in [0.3, 0.4) is 0 Å². The fraction of sp³-hybridized carbons (Fsp3) is 0.462. The summed E-state index contributed by atoms with van der Waals surface area (Å²) in [6, 6.07) is 3.47. The first-order valence-corrected chi connectivity index (χ1v) is 12.3. The Hall–Kier alpha value is -3.53. The van der Waals surface area contributed by atoms with Crippen molar-refractivity contribution in [3.05, 3.63) is 41.7 Å². The number of hydrogen-bond donors (Lipinski definition) is 1. The number of rotatable bonds is 6. The molecule has 0 aliphatic carbocycles. The maximum Gasteiger partial charge on any atom is 0.236 e. The maximum absolute atomic E-state index is 15.3. The summed E-state index contributed by atoms with van der Waals surface area (Å²) in [5, 5.41) is 4.27. The SMILES string of the molecule is COc1cc(-c2[nH]c3cc(F)c(C4CCN(C(=O)CN(C)C)CC4)nc3c2C(C)C)cn2ncnc12. The molecule has 0 unspecified atom stereocenters. The minimum Gasteiger partial charge on any atom is -0.493 e. The highest BCUT2D eigenvalue weighted by Crippen LogP contribution is 2.38. The molecule has 36 heavy (non-hydrogen) atoms. The number of nitrogens with one attached hydrogen (secondary N) is 1. The minimum absolute atomic E-state index is 0.0252. The number of aromatic nitrogens is 5. The normalized spacial score (nSPS) is 15.1. The molecule has 1 aliphatic heterocycles. The van der Waals surface area contributed by atoms with Gasteiger partial charge < -0.3 is 19.5 Å². The third-order valence-corrected chi connectivity index (χ3v) is 6.90. The molecule has 4 aromatic heterocycles. The molecule has 1 amide bonds. The molecule has 0 spiro atoms. The lowest BCUT2D eigenvalue weighted by Gasteiger charge is -2.32. The molecule has 0 saturated carbocycles. The number of hydrogen-bond acceptors (Lipinski definition) is 6. The summed E-state index contributed by atoms with van der Waals surface area (Å²) in [6.45, 7) is 5.83. The molecule has 10 heteroatoms. The smallest absolute Gasteiger partial charge is 0.236 e. The van der Waals surface area contributed by atoms with Crippen molar-refractivity contribution >= 4 is 22.6 Å². The van der Waals surface area contributed by atoms with Crippen molar-refractivity contribution in [2.45, 2.75) is 38.5 Å². The average Bonchev–Trinajstić information content (AvgIpc) is 3.47. The van der Waals surface area contributed by atoms with Gasteiger partial charge in [-0.3, -0.25) is 4.79 Å². The van der Waals surface area contributed by atoms with Crippen LogP contribution in [0.2, 0.25) is 0 Å². The van der Waals surface area contributed by atoms with Crippen molar-refractivity contribution in [3.63, 3.8) is 0 Å². The maximum atomic E-state index is 15.3. The molecular formula is C26H32FN7O2. The van der Waals surface area contributed by atoms with Crippen LogP contribution in [0.1, 0.15) is 49.8 Å². The summed E-state index contributed by atoms with van der Waals surface area (Å²) in [4.78, 5) is 28.7. The van der Waals surface area contributed by atoms with Gasteiger partial charge in [-0.15, -0.1) is 0 Å². The lowest BCUT2D eigenvalue weighted by atomic mass is 9.92. The zero-order valence-corrected chi connectivity index (χ0v) is 21.4. The van der Waals surface area contributed by atoms with Crippen molar-refractivity contribution in [1.29, 1.82) is 0 Å². The Bertz CT molecular complexity index is 1420. The number of H-pyrrole nitrogens is 1. The molecule has 1 aliphatic rings. The first-order valence-electron chi connectivity index (χ1n) is 12.3. The number of amides is 1. The zero-order chi connectivity index (χ0) is 25.6. The van der Waals surface area contributed by atoms with E-state index in [1.807, 2.05) is 36.2 Å². The predicted octanol–water partition coefficient (Wildman–Crippen LogP) is 3.81. The Labute approximate surface area is 209 Å². The summed E-state index contributed by atoms with van der Waals surface area (Å²) >= 11 is 0. The second kappa shape index (κ2) is 9.50. The molecule has 5 rings (SSSR count). The van der Waals surface area contributed by atoms with Gasteiger partial charge in [-0.25, -0.2) is 18.9 Å². The molecule has 0 radical (unpaired) electrons. The lowest BCUT2D eigenvalue weighted by Crippen LogP contribution is -2.42. The topological polar surface area (TPSA) is 91.7 Å². The number of halogens is 1. The van der Waals surface area contributed by atoms with Gasteiger partial charge in [-0.1, -0.05) is 13.8 Å². The Morgan fingerprint density at radius 3 is 2.69 bits per heavy atom. The van der Waals surface area contributed by atoms with E-state index in [1.165, 1.54) is 6.33 Å². The number of fused-ring (bicyclic) bond motifs is 2. The minimum atomic E-state index is -0.312. The monoisotopic (exact) mass is 493 g/mol. The van der Waals surface area contributed by atoms with E-state index >= 15 is 4.39 Å². The van der Waals surface area contributed by atoms with Crippen LogP contribution in [0.4, 0.5) is 4.39 Å². The summed E-state index contributed by atoms with van der Waals surface area (Å²) < 4.78 is 22.6. The Morgan fingerprint density at radius 1 is 1.28 bits per heavy atom. The van der Waals surface area contributed by atoms with Gasteiger partial charge >= 0.3 is 0 Å². The van der Waals surface area contributed by atoms with E-state index in [1.54, 1.807) is 17.7 Å². The molecule has 9 nitrogen and oxygen atoms in total. The molecule has 190 valence electrons. The number of ether oxygens (including phenoxy) is 1. The van der Waals surface area contributed by atoms with Crippen LogP contribution in [-0.4, -0.2) is 81.1 Å². The lowest BCUT2D eigenvalue weighted by molar-refractivity contribution is -0.132. The van der Waals surface area contributed by atoms with E-state index in [2.05, 4.69) is 28.9 Å². The number of carbonyl (C=O) groups is 1. The van der Waals surface area contributed by atoms with Gasteiger partial charge in [0.25, 0.3) is 0 Å².